The predicted octanol–water partition coefficient (Wildman–Crippen LogP) is 3.34. The molecular formula is C22H23N3O3S2. The minimum atomic E-state index is -3.59. The van der Waals surface area contributed by atoms with Crippen LogP contribution in [0.5, 0.6) is 0 Å². The number of carbonyl (C=O) groups excluding carboxylic acids is 1. The van der Waals surface area contributed by atoms with Gasteiger partial charge in [-0.3, -0.25) is 14.7 Å². The molecule has 3 aromatic rings. The number of fused-ring (bicyclic) bond motifs is 4. The zero-order chi connectivity index (χ0) is 20.9. The first kappa shape index (κ1) is 19.7. The molecule has 0 unspecified atom stereocenters. The van der Waals surface area contributed by atoms with E-state index >= 15 is 0 Å². The van der Waals surface area contributed by atoms with Crippen LogP contribution >= 0.6 is 11.3 Å². The fourth-order valence-corrected chi connectivity index (χ4v) is 7.48. The van der Waals surface area contributed by atoms with Crippen molar-refractivity contribution >= 4 is 37.2 Å². The van der Waals surface area contributed by atoms with Crippen molar-refractivity contribution in [3.8, 4) is 0 Å². The summed E-state index contributed by atoms with van der Waals surface area (Å²) in [7, 11) is -3.59. The van der Waals surface area contributed by atoms with Crippen molar-refractivity contribution in [2.24, 2.45) is 5.92 Å². The van der Waals surface area contributed by atoms with Gasteiger partial charge >= 0.3 is 0 Å². The third-order valence-corrected chi connectivity index (χ3v) is 9.75. The maximum atomic E-state index is 12.9. The number of nitrogens with zero attached hydrogens (tertiary/aromatic N) is 2. The van der Waals surface area contributed by atoms with E-state index in [-0.39, 0.29) is 21.1 Å². The smallest absolute Gasteiger partial charge is 0.270 e. The molecule has 156 valence electrons. The van der Waals surface area contributed by atoms with Crippen LogP contribution in [0, 0.1) is 5.92 Å². The van der Waals surface area contributed by atoms with E-state index in [0.29, 0.717) is 17.7 Å². The number of hydrogen-bond acceptors (Lipinski definition) is 6. The minimum Gasteiger partial charge on any atom is -0.346 e. The maximum absolute atomic E-state index is 12.9. The molecule has 6 nitrogen and oxygen atoms in total. The molecule has 1 amide bonds. The molecular weight excluding hydrogens is 418 g/mol. The van der Waals surface area contributed by atoms with Gasteiger partial charge in [0.15, 0.2) is 0 Å². The number of pyridine rings is 1. The van der Waals surface area contributed by atoms with E-state index in [9.17, 15) is 13.2 Å². The molecule has 3 aliphatic heterocycles. The summed E-state index contributed by atoms with van der Waals surface area (Å²) in [6, 6.07) is 12.2. The Morgan fingerprint density at radius 1 is 1.17 bits per heavy atom. The third-order valence-electron chi connectivity index (χ3n) is 6.41. The van der Waals surface area contributed by atoms with Crippen molar-refractivity contribution in [2.45, 2.75) is 41.0 Å². The summed E-state index contributed by atoms with van der Waals surface area (Å²) in [6.45, 7) is 4.39. The summed E-state index contributed by atoms with van der Waals surface area (Å²) in [6.07, 6.45) is 3.82. The van der Waals surface area contributed by atoms with Crippen LogP contribution in [0.3, 0.4) is 0 Å². The normalized spacial score (nSPS) is 26.0. The summed E-state index contributed by atoms with van der Waals surface area (Å²) < 4.78 is 26.8. The van der Waals surface area contributed by atoms with Crippen LogP contribution in [0.25, 0.3) is 10.1 Å². The Morgan fingerprint density at radius 2 is 1.90 bits per heavy atom. The zero-order valence-electron chi connectivity index (χ0n) is 16.6. The van der Waals surface area contributed by atoms with E-state index in [1.807, 2.05) is 0 Å². The number of benzene rings is 1. The average molecular weight is 442 g/mol. The number of sulfone groups is 1. The highest BCUT2D eigenvalue weighted by Gasteiger charge is 2.40. The molecule has 0 radical (unpaired) electrons. The topological polar surface area (TPSA) is 79.4 Å². The molecule has 2 atom stereocenters. The third kappa shape index (κ3) is 3.33. The van der Waals surface area contributed by atoms with E-state index in [0.717, 1.165) is 36.0 Å². The summed E-state index contributed by atoms with van der Waals surface area (Å²) in [4.78, 5) is 19.9. The summed E-state index contributed by atoms with van der Waals surface area (Å²) in [5.41, 5.74) is 0.330. The number of rotatable bonds is 4. The van der Waals surface area contributed by atoms with E-state index in [1.54, 1.807) is 48.7 Å². The van der Waals surface area contributed by atoms with Gasteiger partial charge in [0.25, 0.3) is 5.91 Å². The van der Waals surface area contributed by atoms with E-state index in [4.69, 9.17) is 0 Å². The number of piperidine rings is 3. The highest BCUT2D eigenvalue weighted by atomic mass is 32.2. The first-order chi connectivity index (χ1) is 14.4. The highest BCUT2D eigenvalue weighted by Crippen LogP contribution is 2.34. The molecule has 3 aliphatic rings. The van der Waals surface area contributed by atoms with E-state index in [2.05, 4.69) is 22.1 Å². The molecule has 1 N–H and O–H groups in total. The Balaban J connectivity index is 1.41. The van der Waals surface area contributed by atoms with Crippen molar-refractivity contribution in [1.82, 2.24) is 15.2 Å². The van der Waals surface area contributed by atoms with Crippen LogP contribution < -0.4 is 5.32 Å². The number of amides is 1. The van der Waals surface area contributed by atoms with Gasteiger partial charge in [0.1, 0.15) is 9.90 Å². The molecule has 1 aromatic carbocycles. The number of aromatic nitrogens is 1. The van der Waals surface area contributed by atoms with Crippen molar-refractivity contribution < 1.29 is 13.2 Å². The van der Waals surface area contributed by atoms with Crippen molar-refractivity contribution in [1.29, 1.82) is 0 Å². The van der Waals surface area contributed by atoms with Crippen molar-refractivity contribution in [2.75, 3.05) is 13.1 Å². The molecule has 5 heterocycles. The zero-order valence-corrected chi connectivity index (χ0v) is 18.2. The largest absolute Gasteiger partial charge is 0.346 e. The van der Waals surface area contributed by atoms with Crippen molar-refractivity contribution in [3.63, 3.8) is 0 Å². The van der Waals surface area contributed by atoms with Crippen LogP contribution in [0.15, 0.2) is 57.8 Å². The molecule has 3 saturated heterocycles. The molecule has 2 bridgehead atoms. The molecule has 2 aromatic heterocycles. The van der Waals surface area contributed by atoms with Gasteiger partial charge in [-0.15, -0.1) is 11.3 Å². The molecule has 0 spiro atoms. The van der Waals surface area contributed by atoms with Gasteiger partial charge in [0.05, 0.1) is 4.90 Å². The number of nitrogens with one attached hydrogen (secondary N) is 1. The Labute approximate surface area is 179 Å². The van der Waals surface area contributed by atoms with Gasteiger partial charge in [-0.05, 0) is 63.0 Å². The fraction of sp³-hybridized carbons (Fsp3) is 0.364. The molecule has 6 rings (SSSR count). The van der Waals surface area contributed by atoms with Gasteiger partial charge in [-0.1, -0.05) is 18.2 Å². The van der Waals surface area contributed by atoms with Gasteiger partial charge in [0.2, 0.25) is 9.84 Å². The summed E-state index contributed by atoms with van der Waals surface area (Å²) in [5, 5.41) is 3.91. The van der Waals surface area contributed by atoms with E-state index < -0.39 is 9.84 Å². The van der Waals surface area contributed by atoms with Gasteiger partial charge < -0.3 is 5.32 Å². The van der Waals surface area contributed by atoms with Gasteiger partial charge in [0, 0.05) is 28.4 Å². The standard InChI is InChI=1S/C22H23N3O3S2/c1-14-21(15-7-9-25(14)10-8-15)24-22(26)18-12-19-16(13-23-18)11-20(29-19)30(27,28)17-5-3-2-4-6-17/h2-6,11-15,21H,7-10H2,1H3,(H,24,26)/t14-,21-/m0/s1. The second-order valence-corrected chi connectivity index (χ2v) is 11.4. The Kier molecular flexibility index (Phi) is 4.88. The molecule has 0 saturated carbocycles. The lowest BCUT2D eigenvalue weighted by Gasteiger charge is -2.49. The second kappa shape index (κ2) is 7.44. The number of hydrogen-bond donors (Lipinski definition) is 1. The van der Waals surface area contributed by atoms with Crippen LogP contribution in [0.1, 0.15) is 30.3 Å². The number of carbonyl (C=O) groups is 1. The lowest BCUT2D eigenvalue weighted by Crippen LogP contribution is -2.62. The number of thiophene rings is 1. The van der Waals surface area contributed by atoms with Gasteiger partial charge in [-0.2, -0.15) is 0 Å². The Hall–Kier alpha value is -2.29. The second-order valence-electron chi connectivity index (χ2n) is 8.10. The minimum absolute atomic E-state index is 0.134. The van der Waals surface area contributed by atoms with Gasteiger partial charge in [-0.25, -0.2) is 8.42 Å². The van der Waals surface area contributed by atoms with Crippen LogP contribution in [0.4, 0.5) is 0 Å². The first-order valence-corrected chi connectivity index (χ1v) is 12.5. The Bertz CT molecular complexity index is 1200. The highest BCUT2D eigenvalue weighted by molar-refractivity contribution is 7.93. The molecule has 0 aliphatic carbocycles. The monoisotopic (exact) mass is 441 g/mol. The molecule has 8 heteroatoms. The SMILES string of the molecule is C[C@H]1[C@H](NC(=O)c2cc3sc(S(=O)(=O)c4ccccc4)cc3cn2)C2CCN1CC2. The summed E-state index contributed by atoms with van der Waals surface area (Å²) >= 11 is 1.17. The lowest BCUT2D eigenvalue weighted by molar-refractivity contribution is 0.0216. The van der Waals surface area contributed by atoms with Crippen LogP contribution in [-0.2, 0) is 9.84 Å². The Morgan fingerprint density at radius 3 is 2.60 bits per heavy atom. The lowest BCUT2D eigenvalue weighted by atomic mass is 9.79. The van der Waals surface area contributed by atoms with Crippen LogP contribution in [-0.4, -0.2) is 49.4 Å². The fourth-order valence-electron chi connectivity index (χ4n) is 4.65. The van der Waals surface area contributed by atoms with Crippen LogP contribution in [0.2, 0.25) is 0 Å². The maximum Gasteiger partial charge on any atom is 0.270 e. The summed E-state index contributed by atoms with van der Waals surface area (Å²) in [5.74, 6) is 0.324. The predicted molar refractivity (Wildman–Crippen MR) is 117 cm³/mol. The molecule has 3 fully saturated rings. The first-order valence-electron chi connectivity index (χ1n) is 10.2. The quantitative estimate of drug-likeness (QED) is 0.672. The van der Waals surface area contributed by atoms with Crippen molar-refractivity contribution in [3.05, 3.63) is 54.4 Å². The average Bonchev–Trinajstić information content (AvgIpc) is 3.21. The van der Waals surface area contributed by atoms with E-state index in [1.165, 1.54) is 11.3 Å². The molecule has 30 heavy (non-hydrogen) atoms.